The number of anilines is 2. The third-order valence-electron chi connectivity index (χ3n) is 4.23. The van der Waals surface area contributed by atoms with E-state index in [0.717, 1.165) is 28.4 Å². The summed E-state index contributed by atoms with van der Waals surface area (Å²) in [5.41, 5.74) is 2.76. The maximum absolute atomic E-state index is 12.9. The molecule has 2 aromatic rings. The van der Waals surface area contributed by atoms with Gasteiger partial charge in [-0.25, -0.2) is 0 Å². The maximum Gasteiger partial charge on any atom is 0.294 e. The minimum atomic E-state index is -4.44. The van der Waals surface area contributed by atoms with E-state index in [4.69, 9.17) is 11.6 Å². The van der Waals surface area contributed by atoms with Crippen molar-refractivity contribution >= 4 is 50.8 Å². The number of benzene rings is 2. The van der Waals surface area contributed by atoms with E-state index in [1.54, 1.807) is 13.0 Å². The van der Waals surface area contributed by atoms with E-state index >= 15 is 0 Å². The van der Waals surface area contributed by atoms with E-state index in [2.05, 4.69) is 5.10 Å². The number of rotatable bonds is 4. The van der Waals surface area contributed by atoms with Crippen LogP contribution in [0, 0.1) is 0 Å². The number of halogens is 1. The standard InChI is InChI=1S/C19H18ClN3O4S/c1-12-16(10-13-4-6-14(7-5-13)22(2)3)19(24)23(21-12)18-11-15(28(25,26)27)8-9-17(18)20/h4-11H,1-3H3,(H,25,26,27)/b16-10-. The lowest BCUT2D eigenvalue weighted by atomic mass is 10.1. The van der Waals surface area contributed by atoms with Crippen LogP contribution >= 0.6 is 11.6 Å². The van der Waals surface area contributed by atoms with E-state index in [1.165, 1.54) is 6.07 Å². The van der Waals surface area contributed by atoms with Crippen LogP contribution in [0.1, 0.15) is 12.5 Å². The van der Waals surface area contributed by atoms with Gasteiger partial charge in [0.2, 0.25) is 0 Å². The molecule has 9 heteroatoms. The molecule has 3 rings (SSSR count). The third kappa shape index (κ3) is 3.94. The Balaban J connectivity index is 1.97. The van der Waals surface area contributed by atoms with Gasteiger partial charge in [0.15, 0.2) is 0 Å². The van der Waals surface area contributed by atoms with Crippen LogP contribution in [0.4, 0.5) is 11.4 Å². The van der Waals surface area contributed by atoms with Gasteiger partial charge < -0.3 is 4.90 Å². The van der Waals surface area contributed by atoms with Crippen LogP contribution in [0.15, 0.2) is 58.0 Å². The summed E-state index contributed by atoms with van der Waals surface area (Å²) in [6, 6.07) is 11.2. The SMILES string of the molecule is CC1=NN(c2cc(S(=O)(=O)O)ccc2Cl)C(=O)/C1=C\c1ccc(N(C)C)cc1. The lowest BCUT2D eigenvalue weighted by Crippen LogP contribution is -2.22. The highest BCUT2D eigenvalue weighted by Crippen LogP contribution is 2.33. The van der Waals surface area contributed by atoms with Crippen molar-refractivity contribution in [1.82, 2.24) is 0 Å². The van der Waals surface area contributed by atoms with E-state index in [1.807, 2.05) is 43.3 Å². The Bertz CT molecular complexity index is 1110. The average molecular weight is 420 g/mol. The Morgan fingerprint density at radius 1 is 1.14 bits per heavy atom. The summed E-state index contributed by atoms with van der Waals surface area (Å²) in [6.45, 7) is 1.68. The zero-order valence-corrected chi connectivity index (χ0v) is 17.0. The van der Waals surface area contributed by atoms with E-state index in [9.17, 15) is 17.8 Å². The third-order valence-corrected chi connectivity index (χ3v) is 5.40. The lowest BCUT2D eigenvalue weighted by molar-refractivity contribution is -0.114. The molecular formula is C19H18ClN3O4S. The summed E-state index contributed by atoms with van der Waals surface area (Å²) < 4.78 is 32.0. The predicted octanol–water partition coefficient (Wildman–Crippen LogP) is 3.46. The van der Waals surface area contributed by atoms with Crippen molar-refractivity contribution in [1.29, 1.82) is 0 Å². The van der Waals surface area contributed by atoms with Crippen molar-refractivity contribution in [2.45, 2.75) is 11.8 Å². The van der Waals surface area contributed by atoms with Crippen molar-refractivity contribution in [3.8, 4) is 0 Å². The molecular weight excluding hydrogens is 402 g/mol. The Labute approximate surface area is 168 Å². The molecule has 1 aliphatic rings. The number of carbonyl (C=O) groups excluding carboxylic acids is 1. The van der Waals surface area contributed by atoms with Crippen molar-refractivity contribution in [2.75, 3.05) is 24.0 Å². The smallest absolute Gasteiger partial charge is 0.294 e. The Morgan fingerprint density at radius 2 is 1.79 bits per heavy atom. The van der Waals surface area contributed by atoms with Gasteiger partial charge in [0.1, 0.15) is 0 Å². The largest absolute Gasteiger partial charge is 0.378 e. The van der Waals surface area contributed by atoms with Gasteiger partial charge in [-0.2, -0.15) is 18.5 Å². The molecule has 0 bridgehead atoms. The summed E-state index contributed by atoms with van der Waals surface area (Å²) in [4.78, 5) is 14.5. The summed E-state index contributed by atoms with van der Waals surface area (Å²) >= 11 is 6.13. The molecule has 0 radical (unpaired) electrons. The molecule has 0 saturated carbocycles. The average Bonchev–Trinajstić information content (AvgIpc) is 2.89. The second kappa shape index (κ2) is 7.38. The molecule has 0 aliphatic carbocycles. The molecule has 1 aliphatic heterocycles. The number of hydrogen-bond donors (Lipinski definition) is 1. The second-order valence-electron chi connectivity index (χ2n) is 6.43. The predicted molar refractivity (Wildman–Crippen MR) is 111 cm³/mol. The first-order chi connectivity index (χ1) is 13.1. The number of amides is 1. The molecule has 2 aromatic carbocycles. The maximum atomic E-state index is 12.9. The van der Waals surface area contributed by atoms with Crippen LogP contribution in [0.25, 0.3) is 6.08 Å². The molecule has 1 heterocycles. The van der Waals surface area contributed by atoms with Gasteiger partial charge >= 0.3 is 0 Å². The highest BCUT2D eigenvalue weighted by atomic mass is 35.5. The fourth-order valence-electron chi connectivity index (χ4n) is 2.70. The molecule has 1 amide bonds. The Morgan fingerprint density at radius 3 is 2.36 bits per heavy atom. The van der Waals surface area contributed by atoms with Gasteiger partial charge in [-0.3, -0.25) is 9.35 Å². The van der Waals surface area contributed by atoms with E-state index in [-0.39, 0.29) is 15.6 Å². The van der Waals surface area contributed by atoms with Crippen molar-refractivity contribution in [3.63, 3.8) is 0 Å². The quantitative estimate of drug-likeness (QED) is 0.605. The van der Waals surface area contributed by atoms with Crippen molar-refractivity contribution < 1.29 is 17.8 Å². The molecule has 0 spiro atoms. The fraction of sp³-hybridized carbons (Fsp3) is 0.158. The lowest BCUT2D eigenvalue weighted by Gasteiger charge is -2.14. The molecule has 0 fully saturated rings. The first-order valence-corrected chi connectivity index (χ1v) is 10.1. The normalized spacial score (nSPS) is 15.9. The minimum Gasteiger partial charge on any atom is -0.378 e. The van der Waals surface area contributed by atoms with Crippen molar-refractivity contribution in [2.24, 2.45) is 5.10 Å². The van der Waals surface area contributed by atoms with Gasteiger partial charge in [-0.1, -0.05) is 23.7 Å². The van der Waals surface area contributed by atoms with Crippen LogP contribution in [-0.4, -0.2) is 38.7 Å². The summed E-state index contributed by atoms with van der Waals surface area (Å²) in [7, 11) is -0.564. The van der Waals surface area contributed by atoms with E-state index < -0.39 is 16.0 Å². The van der Waals surface area contributed by atoms with Gasteiger partial charge in [-0.05, 0) is 48.9 Å². The van der Waals surface area contributed by atoms with Crippen LogP contribution < -0.4 is 9.91 Å². The van der Waals surface area contributed by atoms with Gasteiger partial charge in [0, 0.05) is 19.8 Å². The highest BCUT2D eigenvalue weighted by Gasteiger charge is 2.30. The first kappa shape index (κ1) is 20.1. The zero-order chi connectivity index (χ0) is 20.6. The van der Waals surface area contributed by atoms with Crippen LogP contribution in [-0.2, 0) is 14.9 Å². The van der Waals surface area contributed by atoms with Gasteiger partial charge in [0.25, 0.3) is 16.0 Å². The molecule has 0 aromatic heterocycles. The fourth-order valence-corrected chi connectivity index (χ4v) is 3.40. The second-order valence-corrected chi connectivity index (χ2v) is 8.26. The molecule has 1 N–H and O–H groups in total. The summed E-state index contributed by atoms with van der Waals surface area (Å²) in [6.07, 6.45) is 1.71. The van der Waals surface area contributed by atoms with Crippen molar-refractivity contribution in [3.05, 3.63) is 58.6 Å². The summed E-state index contributed by atoms with van der Waals surface area (Å²) in [5, 5.41) is 5.38. The number of hydrazone groups is 1. The molecule has 28 heavy (non-hydrogen) atoms. The molecule has 7 nitrogen and oxygen atoms in total. The number of hydrogen-bond acceptors (Lipinski definition) is 5. The first-order valence-electron chi connectivity index (χ1n) is 8.24. The number of nitrogens with zero attached hydrogens (tertiary/aromatic N) is 3. The Hall–Kier alpha value is -2.68. The van der Waals surface area contributed by atoms with Crippen LogP contribution in [0.3, 0.4) is 0 Å². The van der Waals surface area contributed by atoms with Crippen LogP contribution in [0.2, 0.25) is 5.02 Å². The number of carbonyl (C=O) groups is 1. The van der Waals surface area contributed by atoms with Gasteiger partial charge in [-0.15, -0.1) is 0 Å². The minimum absolute atomic E-state index is 0.0764. The summed E-state index contributed by atoms with van der Waals surface area (Å²) in [5.74, 6) is -0.441. The van der Waals surface area contributed by atoms with Gasteiger partial charge in [0.05, 0.1) is 26.9 Å². The topological polar surface area (TPSA) is 90.3 Å². The molecule has 0 unspecified atom stereocenters. The zero-order valence-electron chi connectivity index (χ0n) is 15.4. The molecule has 0 saturated heterocycles. The Kier molecular flexibility index (Phi) is 5.29. The van der Waals surface area contributed by atoms with E-state index in [0.29, 0.717) is 11.3 Å². The van der Waals surface area contributed by atoms with Crippen LogP contribution in [0.5, 0.6) is 0 Å². The monoisotopic (exact) mass is 419 g/mol. The highest BCUT2D eigenvalue weighted by molar-refractivity contribution is 7.85. The molecule has 146 valence electrons. The molecule has 0 atom stereocenters.